The number of hydrogen-bond acceptors (Lipinski definition) is 15. The van der Waals surface area contributed by atoms with Crippen LogP contribution >= 0.6 is 0 Å². The largest absolute Gasteiger partial charge is 0.461 e. The summed E-state index contributed by atoms with van der Waals surface area (Å²) in [4.78, 5) is 57.3. The molecule has 4 rings (SSSR count). The number of aliphatic hydroxyl groups is 5. The number of nitrogens with zero attached hydrogens (tertiary/aromatic N) is 2. The first-order valence-electron chi connectivity index (χ1n) is 23.3. The SMILES string of the molecule is CC[C@H]1OC(=O)[C@H](C)[C@@H](O)[C@H](C)[C@@H](O[C@@H]2O[C@H](C)C[C@H](N(C)C(=O)CC[C@@H](CC(=O)OCc3ccccc3)C(=O)OCc3ccccc3)[C@H]2O)[C@](C)(O)C[C@@H](C)CN(C)[C@H](C)[C@@H](O)[C@]1(C)O. The van der Waals surface area contributed by atoms with E-state index >= 15 is 0 Å². The molecule has 2 aliphatic heterocycles. The molecule has 2 aromatic carbocycles. The van der Waals surface area contributed by atoms with Gasteiger partial charge in [0.2, 0.25) is 5.91 Å². The number of aliphatic hydroxyl groups excluding tert-OH is 3. The summed E-state index contributed by atoms with van der Waals surface area (Å²) in [5.74, 6) is -5.92. The van der Waals surface area contributed by atoms with Gasteiger partial charge < -0.3 is 59.0 Å². The van der Waals surface area contributed by atoms with E-state index in [0.717, 1.165) is 11.1 Å². The van der Waals surface area contributed by atoms with Crippen LogP contribution in [0.15, 0.2) is 60.7 Å². The van der Waals surface area contributed by atoms with Gasteiger partial charge in [0, 0.05) is 32.0 Å². The molecule has 2 saturated heterocycles. The first-order valence-corrected chi connectivity index (χ1v) is 23.3. The molecule has 0 aromatic heterocycles. The number of cyclic esters (lactones) is 1. The fourth-order valence-electron chi connectivity index (χ4n) is 9.42. The first kappa shape index (κ1) is 54.6. The van der Waals surface area contributed by atoms with Gasteiger partial charge in [0.05, 0.1) is 48.2 Å². The van der Waals surface area contributed by atoms with Crippen molar-refractivity contribution < 1.29 is 68.4 Å². The molecule has 1 amide bonds. The van der Waals surface area contributed by atoms with Crippen LogP contribution in [0.1, 0.15) is 105 Å². The monoisotopic (exact) mass is 929 g/mol. The molecule has 0 radical (unpaired) electrons. The van der Waals surface area contributed by atoms with Crippen molar-refractivity contribution in [3.05, 3.63) is 71.8 Å². The molecular weight excluding hydrogens is 853 g/mol. The quantitative estimate of drug-likeness (QED) is 0.133. The number of hydrogen-bond donors (Lipinski definition) is 5. The summed E-state index contributed by atoms with van der Waals surface area (Å²) in [6, 6.07) is 16.7. The Morgan fingerprint density at radius 2 is 1.47 bits per heavy atom. The summed E-state index contributed by atoms with van der Waals surface area (Å²) in [7, 11) is 3.31. The normalized spacial score (nSPS) is 34.5. The second-order valence-electron chi connectivity index (χ2n) is 19.3. The van der Waals surface area contributed by atoms with Gasteiger partial charge in [0.25, 0.3) is 0 Å². The van der Waals surface area contributed by atoms with Crippen LogP contribution in [0.4, 0.5) is 0 Å². The molecule has 0 aliphatic carbocycles. The molecule has 2 fully saturated rings. The highest BCUT2D eigenvalue weighted by molar-refractivity contribution is 5.81. The number of rotatable bonds is 14. The van der Waals surface area contributed by atoms with Crippen LogP contribution in [0.5, 0.6) is 0 Å². The molecule has 2 aliphatic rings. The second-order valence-corrected chi connectivity index (χ2v) is 19.3. The van der Waals surface area contributed by atoms with Gasteiger partial charge in [-0.15, -0.1) is 0 Å². The predicted octanol–water partition coefficient (Wildman–Crippen LogP) is 4.15. The van der Waals surface area contributed by atoms with Crippen molar-refractivity contribution in [2.45, 2.75) is 173 Å². The molecule has 5 N–H and O–H groups in total. The number of likely N-dealkylation sites (N-methyl/N-ethyl adjacent to an activating group) is 2. The Morgan fingerprint density at radius 3 is 2.05 bits per heavy atom. The molecular formula is C50H76N2O14. The topological polar surface area (TPSA) is 222 Å². The van der Waals surface area contributed by atoms with E-state index in [0.29, 0.717) is 6.54 Å². The maximum absolute atomic E-state index is 14.0. The minimum atomic E-state index is -1.84. The minimum absolute atomic E-state index is 0.0139. The van der Waals surface area contributed by atoms with Crippen LogP contribution in [-0.2, 0) is 56.1 Å². The summed E-state index contributed by atoms with van der Waals surface area (Å²) in [5, 5.41) is 58.9. The van der Waals surface area contributed by atoms with Gasteiger partial charge in [-0.2, -0.15) is 0 Å². The molecule has 0 unspecified atom stereocenters. The molecule has 2 aromatic rings. The van der Waals surface area contributed by atoms with E-state index in [1.807, 2.05) is 60.4 Å². The minimum Gasteiger partial charge on any atom is -0.461 e. The molecule has 15 atom stereocenters. The third-order valence-electron chi connectivity index (χ3n) is 13.6. The Labute approximate surface area is 390 Å². The first-order chi connectivity index (χ1) is 31.0. The standard InChI is InChI=1S/C50H76N2O14/c1-11-39-50(8,61)44(57)34(6)51(9)27-30(2)26-49(7,60)45(32(4)42(55)33(5)46(58)65-39)66-48-43(56)38(24-31(3)64-48)52(10)40(53)23-22-37(47(59)63-29-36-20-16-13-17-21-36)25-41(54)62-28-35-18-14-12-15-19-35/h12-21,30-34,37-39,42-45,48,55-57,60-61H,11,22-29H2,1-10H3/t30-,31-,32+,33-,34-,37+,38+,39-,42+,43-,44-,45-,48+,49-,50-/m1/s1. The number of carbonyl (C=O) groups excluding carboxylic acids is 4. The summed E-state index contributed by atoms with van der Waals surface area (Å²) in [6.07, 6.45) is -8.59. The molecule has 370 valence electrons. The second kappa shape index (κ2) is 24.3. The van der Waals surface area contributed by atoms with Crippen molar-refractivity contribution in [1.29, 1.82) is 0 Å². The molecule has 66 heavy (non-hydrogen) atoms. The lowest BCUT2D eigenvalue weighted by Crippen LogP contribution is -2.60. The molecule has 2 heterocycles. The van der Waals surface area contributed by atoms with E-state index in [9.17, 15) is 44.7 Å². The van der Waals surface area contributed by atoms with Gasteiger partial charge in [-0.25, -0.2) is 0 Å². The van der Waals surface area contributed by atoms with Crippen LogP contribution < -0.4 is 0 Å². The lowest BCUT2D eigenvalue weighted by Gasteiger charge is -2.47. The van der Waals surface area contributed by atoms with E-state index in [1.165, 1.54) is 25.8 Å². The molecule has 0 saturated carbocycles. The van der Waals surface area contributed by atoms with Crippen molar-refractivity contribution in [2.24, 2.45) is 23.7 Å². The third kappa shape index (κ3) is 14.5. The summed E-state index contributed by atoms with van der Waals surface area (Å²) >= 11 is 0. The van der Waals surface area contributed by atoms with Crippen LogP contribution in [0, 0.1) is 23.7 Å². The number of ether oxygens (including phenoxy) is 5. The van der Waals surface area contributed by atoms with Crippen LogP contribution in [0.3, 0.4) is 0 Å². The van der Waals surface area contributed by atoms with Gasteiger partial charge in [0.1, 0.15) is 37.1 Å². The van der Waals surface area contributed by atoms with Crippen molar-refractivity contribution in [2.75, 3.05) is 20.6 Å². The van der Waals surface area contributed by atoms with Crippen molar-refractivity contribution in [1.82, 2.24) is 9.80 Å². The van der Waals surface area contributed by atoms with Crippen molar-refractivity contribution >= 4 is 23.8 Å². The Balaban J connectivity index is 1.53. The summed E-state index contributed by atoms with van der Waals surface area (Å²) in [6.45, 7) is 13.6. The van der Waals surface area contributed by atoms with Crippen LogP contribution in [0.25, 0.3) is 0 Å². The Hall–Kier alpha value is -4.00. The van der Waals surface area contributed by atoms with E-state index in [-0.39, 0.29) is 57.7 Å². The van der Waals surface area contributed by atoms with Gasteiger partial charge in [-0.05, 0) is 84.4 Å². The fraction of sp³-hybridized carbons (Fsp3) is 0.680. The van der Waals surface area contributed by atoms with Crippen LogP contribution in [0.2, 0.25) is 0 Å². The van der Waals surface area contributed by atoms with Gasteiger partial charge >= 0.3 is 17.9 Å². The molecule has 0 bridgehead atoms. The van der Waals surface area contributed by atoms with E-state index in [2.05, 4.69) is 0 Å². The molecule has 0 spiro atoms. The van der Waals surface area contributed by atoms with E-state index < -0.39 is 108 Å². The lowest BCUT2D eigenvalue weighted by atomic mass is 9.78. The Kier molecular flexibility index (Phi) is 20.1. The third-order valence-corrected chi connectivity index (χ3v) is 13.6. The molecule has 16 nitrogen and oxygen atoms in total. The highest BCUT2D eigenvalue weighted by Gasteiger charge is 2.50. The van der Waals surface area contributed by atoms with Gasteiger partial charge in [0.15, 0.2) is 6.29 Å². The Morgan fingerprint density at radius 1 is 0.894 bits per heavy atom. The van der Waals surface area contributed by atoms with E-state index in [4.69, 9.17) is 23.7 Å². The number of carbonyl (C=O) groups is 4. The zero-order chi connectivity index (χ0) is 49.1. The van der Waals surface area contributed by atoms with Crippen molar-refractivity contribution in [3.63, 3.8) is 0 Å². The van der Waals surface area contributed by atoms with Crippen LogP contribution in [-0.4, -0.2) is 146 Å². The average molecular weight is 929 g/mol. The van der Waals surface area contributed by atoms with Gasteiger partial charge in [-0.3, -0.25) is 19.2 Å². The average Bonchev–Trinajstić information content (AvgIpc) is 3.28. The zero-order valence-electron chi connectivity index (χ0n) is 40.4. The highest BCUT2D eigenvalue weighted by Crippen LogP contribution is 2.37. The number of esters is 3. The Bertz CT molecular complexity index is 1850. The number of amides is 1. The lowest BCUT2D eigenvalue weighted by molar-refractivity contribution is -0.299. The fourth-order valence-corrected chi connectivity index (χ4v) is 9.42. The number of benzene rings is 2. The zero-order valence-corrected chi connectivity index (χ0v) is 40.4. The van der Waals surface area contributed by atoms with Crippen molar-refractivity contribution in [3.8, 4) is 0 Å². The maximum atomic E-state index is 14.0. The summed E-state index contributed by atoms with van der Waals surface area (Å²) in [5.41, 5.74) is -2.00. The predicted molar refractivity (Wildman–Crippen MR) is 244 cm³/mol. The summed E-state index contributed by atoms with van der Waals surface area (Å²) < 4.78 is 29.5. The van der Waals surface area contributed by atoms with E-state index in [1.54, 1.807) is 53.8 Å². The smallest absolute Gasteiger partial charge is 0.311 e. The molecule has 16 heteroatoms. The highest BCUT2D eigenvalue weighted by atomic mass is 16.7. The van der Waals surface area contributed by atoms with Gasteiger partial charge in [-0.1, -0.05) is 81.4 Å². The maximum Gasteiger partial charge on any atom is 0.311 e.